The van der Waals surface area contributed by atoms with Crippen molar-refractivity contribution in [2.75, 3.05) is 39.3 Å². The van der Waals surface area contributed by atoms with Gasteiger partial charge in [-0.3, -0.25) is 9.69 Å². The number of nitrogens with one attached hydrogen (secondary N) is 1. The van der Waals surface area contributed by atoms with E-state index in [9.17, 15) is 13.2 Å². The smallest absolute Gasteiger partial charge is 0.243 e. The molecule has 0 saturated carbocycles. The molecule has 2 aliphatic rings. The van der Waals surface area contributed by atoms with Crippen LogP contribution in [-0.2, 0) is 21.4 Å². The summed E-state index contributed by atoms with van der Waals surface area (Å²) in [5.74, 6) is 0.674. The van der Waals surface area contributed by atoms with Gasteiger partial charge in [-0.1, -0.05) is 23.7 Å². The van der Waals surface area contributed by atoms with Crippen molar-refractivity contribution in [1.82, 2.24) is 14.5 Å². The van der Waals surface area contributed by atoms with E-state index < -0.39 is 10.0 Å². The van der Waals surface area contributed by atoms with Crippen molar-refractivity contribution in [2.45, 2.75) is 37.1 Å². The number of carbonyl (C=O) groups is 1. The maximum absolute atomic E-state index is 12.6. The lowest BCUT2D eigenvalue weighted by molar-refractivity contribution is -0.126. The van der Waals surface area contributed by atoms with Crippen LogP contribution in [0.4, 0.5) is 0 Å². The van der Waals surface area contributed by atoms with Crippen LogP contribution >= 0.6 is 11.6 Å². The van der Waals surface area contributed by atoms with E-state index in [1.54, 1.807) is 24.3 Å². The minimum absolute atomic E-state index is 0.0192. The normalized spacial score (nSPS) is 18.1. The molecule has 0 unspecified atom stereocenters. The van der Waals surface area contributed by atoms with Gasteiger partial charge in [0, 0.05) is 30.6 Å². The first kappa shape index (κ1) is 25.0. The summed E-state index contributed by atoms with van der Waals surface area (Å²) < 4.78 is 32.4. The molecule has 7 nitrogen and oxygen atoms in total. The molecule has 4 rings (SSSR count). The Morgan fingerprint density at radius 1 is 1.03 bits per heavy atom. The second-order valence-electron chi connectivity index (χ2n) is 8.90. The van der Waals surface area contributed by atoms with Gasteiger partial charge < -0.3 is 10.1 Å². The molecule has 184 valence electrons. The second-order valence-corrected chi connectivity index (χ2v) is 11.3. The lowest BCUT2D eigenvalue weighted by Crippen LogP contribution is -2.41. The van der Waals surface area contributed by atoms with Crippen molar-refractivity contribution in [1.29, 1.82) is 0 Å². The fourth-order valence-electron chi connectivity index (χ4n) is 4.52. The van der Waals surface area contributed by atoms with Crippen LogP contribution in [0.3, 0.4) is 0 Å². The van der Waals surface area contributed by atoms with E-state index in [2.05, 4.69) is 16.3 Å². The number of carbonyl (C=O) groups excluding carboxylic acids is 1. The van der Waals surface area contributed by atoms with Crippen LogP contribution in [0.25, 0.3) is 0 Å². The van der Waals surface area contributed by atoms with Crippen LogP contribution in [-0.4, -0.2) is 62.9 Å². The van der Waals surface area contributed by atoms with Crippen LogP contribution < -0.4 is 10.1 Å². The third-order valence-electron chi connectivity index (χ3n) is 6.45. The summed E-state index contributed by atoms with van der Waals surface area (Å²) in [5, 5.41) is 3.71. The van der Waals surface area contributed by atoms with Crippen molar-refractivity contribution in [2.24, 2.45) is 5.92 Å². The summed E-state index contributed by atoms with van der Waals surface area (Å²) in [4.78, 5) is 15.2. The van der Waals surface area contributed by atoms with E-state index in [-0.39, 0.29) is 16.7 Å². The quantitative estimate of drug-likeness (QED) is 0.527. The molecule has 0 spiro atoms. The fraction of sp³-hybridized carbons (Fsp3) is 0.480. The molecule has 2 aromatic carbocycles. The van der Waals surface area contributed by atoms with Gasteiger partial charge >= 0.3 is 0 Å². The molecule has 2 heterocycles. The molecule has 0 radical (unpaired) electrons. The largest absolute Gasteiger partial charge is 0.492 e. The van der Waals surface area contributed by atoms with E-state index in [0.29, 0.717) is 32.0 Å². The molecule has 0 bridgehead atoms. The standard InChI is InChI=1S/C25H32ClN3O4S/c26-22-5-3-4-20(18-22)19-28-15-10-21(11-16-28)25(30)27-12-17-33-23-6-8-24(9-7-23)34(31,32)29-13-1-2-14-29/h3-9,18,21H,1-2,10-17,19H2,(H,27,30). The number of rotatable bonds is 9. The van der Waals surface area contributed by atoms with Gasteiger partial charge in [0.15, 0.2) is 0 Å². The zero-order chi connectivity index (χ0) is 24.0. The third-order valence-corrected chi connectivity index (χ3v) is 8.60. The Bertz CT molecular complexity index is 1060. The van der Waals surface area contributed by atoms with Gasteiger partial charge in [-0.25, -0.2) is 8.42 Å². The van der Waals surface area contributed by atoms with Gasteiger partial charge in [0.25, 0.3) is 0 Å². The van der Waals surface area contributed by atoms with E-state index in [1.807, 2.05) is 18.2 Å². The number of amides is 1. The number of piperidine rings is 1. The minimum Gasteiger partial charge on any atom is -0.492 e. The van der Waals surface area contributed by atoms with Crippen LogP contribution in [0.2, 0.25) is 5.02 Å². The number of benzene rings is 2. The summed E-state index contributed by atoms with van der Waals surface area (Å²) in [7, 11) is -3.42. The highest BCUT2D eigenvalue weighted by atomic mass is 35.5. The summed E-state index contributed by atoms with van der Waals surface area (Å²) in [6.07, 6.45) is 3.49. The van der Waals surface area contributed by atoms with Gasteiger partial charge in [-0.15, -0.1) is 0 Å². The average molecular weight is 506 g/mol. The molecule has 2 aromatic rings. The minimum atomic E-state index is -3.42. The van der Waals surface area contributed by atoms with Crippen LogP contribution in [0, 0.1) is 5.92 Å². The molecule has 2 fully saturated rings. The Balaban J connectivity index is 1.15. The van der Waals surface area contributed by atoms with E-state index in [1.165, 1.54) is 9.87 Å². The molecular weight excluding hydrogens is 474 g/mol. The van der Waals surface area contributed by atoms with Gasteiger partial charge in [-0.2, -0.15) is 4.31 Å². The zero-order valence-corrected chi connectivity index (χ0v) is 20.9. The van der Waals surface area contributed by atoms with Crippen molar-refractivity contribution >= 4 is 27.5 Å². The van der Waals surface area contributed by atoms with E-state index in [4.69, 9.17) is 16.3 Å². The highest BCUT2D eigenvalue weighted by molar-refractivity contribution is 7.89. The molecule has 2 saturated heterocycles. The van der Waals surface area contributed by atoms with Crippen molar-refractivity contribution in [3.8, 4) is 5.75 Å². The Hall–Kier alpha value is -2.13. The molecule has 0 aliphatic carbocycles. The molecule has 34 heavy (non-hydrogen) atoms. The van der Waals surface area contributed by atoms with E-state index in [0.717, 1.165) is 50.3 Å². The van der Waals surface area contributed by atoms with Crippen LogP contribution in [0.5, 0.6) is 5.75 Å². The first-order valence-corrected chi connectivity index (χ1v) is 13.7. The number of ether oxygens (including phenoxy) is 1. The van der Waals surface area contributed by atoms with Gasteiger partial charge in [0.1, 0.15) is 12.4 Å². The summed E-state index contributed by atoms with van der Waals surface area (Å²) in [6.45, 7) is 4.53. The monoisotopic (exact) mass is 505 g/mol. The molecule has 2 aliphatic heterocycles. The predicted molar refractivity (Wildman–Crippen MR) is 132 cm³/mol. The number of hydrogen-bond acceptors (Lipinski definition) is 5. The number of nitrogens with zero attached hydrogens (tertiary/aromatic N) is 2. The Labute approximate surface area is 207 Å². The molecule has 1 N–H and O–H groups in total. The maximum Gasteiger partial charge on any atom is 0.243 e. The zero-order valence-electron chi connectivity index (χ0n) is 19.3. The lowest BCUT2D eigenvalue weighted by atomic mass is 9.95. The molecule has 0 atom stereocenters. The Morgan fingerprint density at radius 2 is 1.74 bits per heavy atom. The predicted octanol–water partition coefficient (Wildman–Crippen LogP) is 3.53. The number of halogens is 1. The number of likely N-dealkylation sites (tertiary alicyclic amines) is 1. The molecular formula is C25H32ClN3O4S. The Morgan fingerprint density at radius 3 is 2.41 bits per heavy atom. The molecule has 9 heteroatoms. The summed E-state index contributed by atoms with van der Waals surface area (Å²) >= 11 is 6.07. The van der Waals surface area contributed by atoms with Crippen LogP contribution in [0.15, 0.2) is 53.4 Å². The van der Waals surface area contributed by atoms with Crippen molar-refractivity contribution in [3.05, 3.63) is 59.1 Å². The summed E-state index contributed by atoms with van der Waals surface area (Å²) in [6, 6.07) is 14.4. The van der Waals surface area contributed by atoms with Gasteiger partial charge in [0.05, 0.1) is 11.4 Å². The van der Waals surface area contributed by atoms with Crippen molar-refractivity contribution < 1.29 is 17.9 Å². The highest BCUT2D eigenvalue weighted by Gasteiger charge is 2.27. The number of sulfonamides is 1. The Kier molecular flexibility index (Phi) is 8.47. The maximum atomic E-state index is 12.6. The average Bonchev–Trinajstić information content (AvgIpc) is 3.39. The van der Waals surface area contributed by atoms with Crippen molar-refractivity contribution in [3.63, 3.8) is 0 Å². The summed E-state index contributed by atoms with van der Waals surface area (Å²) in [5.41, 5.74) is 1.19. The topological polar surface area (TPSA) is 78.9 Å². The first-order chi connectivity index (χ1) is 16.4. The van der Waals surface area contributed by atoms with Gasteiger partial charge in [0.2, 0.25) is 15.9 Å². The van der Waals surface area contributed by atoms with E-state index >= 15 is 0 Å². The fourth-order valence-corrected chi connectivity index (χ4v) is 6.25. The second kappa shape index (κ2) is 11.5. The lowest BCUT2D eigenvalue weighted by Gasteiger charge is -2.31. The highest BCUT2D eigenvalue weighted by Crippen LogP contribution is 2.23. The van der Waals surface area contributed by atoms with Gasteiger partial charge in [-0.05, 0) is 80.7 Å². The third kappa shape index (κ3) is 6.50. The SMILES string of the molecule is O=C(NCCOc1ccc(S(=O)(=O)N2CCCC2)cc1)C1CCN(Cc2cccc(Cl)c2)CC1. The first-order valence-electron chi connectivity index (χ1n) is 11.9. The molecule has 1 amide bonds. The molecule has 0 aromatic heterocycles. The number of hydrogen-bond donors (Lipinski definition) is 1. The van der Waals surface area contributed by atoms with Crippen LogP contribution in [0.1, 0.15) is 31.2 Å².